The molecule has 6 nitrogen and oxygen atoms in total. The summed E-state index contributed by atoms with van der Waals surface area (Å²) in [5, 5.41) is 3.08. The smallest absolute Gasteiger partial charge is 0.331 e. The highest BCUT2D eigenvalue weighted by Gasteiger charge is 2.30. The third-order valence-corrected chi connectivity index (χ3v) is 3.88. The maximum absolute atomic E-state index is 11.8. The van der Waals surface area contributed by atoms with Crippen LogP contribution in [0.25, 0.3) is 0 Å². The second kappa shape index (κ2) is 6.86. The van der Waals surface area contributed by atoms with Crippen molar-refractivity contribution in [3.8, 4) is 0 Å². The number of ether oxygens (including phenoxy) is 2. The second-order valence-electron chi connectivity index (χ2n) is 5.08. The van der Waals surface area contributed by atoms with Crippen LogP contribution in [0.2, 0.25) is 0 Å². The number of hydrogen-bond donors (Lipinski definition) is 1. The van der Waals surface area contributed by atoms with Gasteiger partial charge in [0.15, 0.2) is 0 Å². The SMILES string of the molecule is COC(=O)COC1CCC(N2CCNCC2=O)CC1. The lowest BCUT2D eigenvalue weighted by Gasteiger charge is -2.38. The summed E-state index contributed by atoms with van der Waals surface area (Å²) in [7, 11) is 1.36. The monoisotopic (exact) mass is 270 g/mol. The minimum absolute atomic E-state index is 0.0262. The molecule has 1 saturated carbocycles. The molecule has 6 heteroatoms. The lowest BCUT2D eigenvalue weighted by atomic mass is 9.91. The molecule has 0 aromatic heterocycles. The zero-order chi connectivity index (χ0) is 13.7. The van der Waals surface area contributed by atoms with Gasteiger partial charge in [0, 0.05) is 19.1 Å². The fourth-order valence-corrected chi connectivity index (χ4v) is 2.78. The van der Waals surface area contributed by atoms with Crippen LogP contribution in [0.1, 0.15) is 25.7 Å². The van der Waals surface area contributed by atoms with Crippen LogP contribution in [0.3, 0.4) is 0 Å². The van der Waals surface area contributed by atoms with Crippen LogP contribution in [0, 0.1) is 0 Å². The summed E-state index contributed by atoms with van der Waals surface area (Å²) in [6.07, 6.45) is 3.83. The van der Waals surface area contributed by atoms with Crippen molar-refractivity contribution in [3.05, 3.63) is 0 Å². The summed E-state index contributed by atoms with van der Waals surface area (Å²) in [5.41, 5.74) is 0. The molecule has 1 aliphatic carbocycles. The van der Waals surface area contributed by atoms with E-state index in [2.05, 4.69) is 10.1 Å². The van der Waals surface area contributed by atoms with Gasteiger partial charge >= 0.3 is 5.97 Å². The van der Waals surface area contributed by atoms with Gasteiger partial charge < -0.3 is 19.7 Å². The Balaban J connectivity index is 1.72. The first-order valence-corrected chi connectivity index (χ1v) is 6.89. The van der Waals surface area contributed by atoms with Gasteiger partial charge in [0.05, 0.1) is 19.8 Å². The number of nitrogens with one attached hydrogen (secondary N) is 1. The van der Waals surface area contributed by atoms with Gasteiger partial charge in [0.1, 0.15) is 6.61 Å². The third kappa shape index (κ3) is 3.91. The Morgan fingerprint density at radius 1 is 1.37 bits per heavy atom. The Morgan fingerprint density at radius 2 is 2.11 bits per heavy atom. The lowest BCUT2D eigenvalue weighted by molar-refractivity contribution is -0.149. The average molecular weight is 270 g/mol. The zero-order valence-electron chi connectivity index (χ0n) is 11.4. The molecule has 0 aromatic rings. The summed E-state index contributed by atoms with van der Waals surface area (Å²) >= 11 is 0. The molecule has 0 radical (unpaired) electrons. The predicted octanol–water partition coefficient (Wildman–Crippen LogP) is -0.0810. The molecule has 2 rings (SSSR count). The van der Waals surface area contributed by atoms with E-state index in [1.807, 2.05) is 4.90 Å². The zero-order valence-corrected chi connectivity index (χ0v) is 11.4. The van der Waals surface area contributed by atoms with E-state index >= 15 is 0 Å². The summed E-state index contributed by atoms with van der Waals surface area (Å²) in [5.74, 6) is -0.135. The number of amides is 1. The van der Waals surface area contributed by atoms with Crippen LogP contribution in [0.5, 0.6) is 0 Å². The van der Waals surface area contributed by atoms with Crippen molar-refractivity contribution in [1.29, 1.82) is 0 Å². The van der Waals surface area contributed by atoms with Crippen LogP contribution in [0.4, 0.5) is 0 Å². The maximum atomic E-state index is 11.8. The number of hydrogen-bond acceptors (Lipinski definition) is 5. The highest BCUT2D eigenvalue weighted by atomic mass is 16.6. The first-order valence-electron chi connectivity index (χ1n) is 6.89. The molecule has 0 aromatic carbocycles. The van der Waals surface area contributed by atoms with Crippen molar-refractivity contribution < 1.29 is 19.1 Å². The Labute approximate surface area is 113 Å². The average Bonchev–Trinajstić information content (AvgIpc) is 2.46. The molecule has 108 valence electrons. The Morgan fingerprint density at radius 3 is 2.74 bits per heavy atom. The van der Waals surface area contributed by atoms with Crippen molar-refractivity contribution in [2.75, 3.05) is 33.4 Å². The number of rotatable bonds is 4. The molecule has 1 saturated heterocycles. The molecule has 0 atom stereocenters. The molecule has 1 heterocycles. The molecular weight excluding hydrogens is 248 g/mol. The van der Waals surface area contributed by atoms with Crippen LogP contribution in [-0.2, 0) is 19.1 Å². The van der Waals surface area contributed by atoms with Crippen molar-refractivity contribution in [1.82, 2.24) is 10.2 Å². The van der Waals surface area contributed by atoms with Crippen molar-refractivity contribution in [3.63, 3.8) is 0 Å². The number of methoxy groups -OCH3 is 1. The number of esters is 1. The van der Waals surface area contributed by atoms with E-state index in [4.69, 9.17) is 4.74 Å². The van der Waals surface area contributed by atoms with Gasteiger partial charge in [-0.1, -0.05) is 0 Å². The molecule has 0 spiro atoms. The van der Waals surface area contributed by atoms with Gasteiger partial charge in [0.2, 0.25) is 5.91 Å². The molecule has 0 unspecified atom stereocenters. The number of carbonyl (C=O) groups excluding carboxylic acids is 2. The summed E-state index contributed by atoms with van der Waals surface area (Å²) in [6, 6.07) is 0.340. The second-order valence-corrected chi connectivity index (χ2v) is 5.08. The van der Waals surface area contributed by atoms with Crippen molar-refractivity contribution in [2.24, 2.45) is 0 Å². The Bertz CT molecular complexity index is 327. The summed E-state index contributed by atoms with van der Waals surface area (Å²) in [6.45, 7) is 2.17. The van der Waals surface area contributed by atoms with E-state index in [1.165, 1.54) is 7.11 Å². The third-order valence-electron chi connectivity index (χ3n) is 3.88. The number of piperazine rings is 1. The highest BCUT2D eigenvalue weighted by molar-refractivity contribution is 5.79. The van der Waals surface area contributed by atoms with Crippen LogP contribution >= 0.6 is 0 Å². The van der Waals surface area contributed by atoms with E-state index < -0.39 is 0 Å². The van der Waals surface area contributed by atoms with E-state index in [0.717, 1.165) is 38.8 Å². The minimum atomic E-state index is -0.334. The molecule has 1 N–H and O–H groups in total. The largest absolute Gasteiger partial charge is 0.467 e. The van der Waals surface area contributed by atoms with Crippen LogP contribution in [0.15, 0.2) is 0 Å². The number of carbonyl (C=O) groups is 2. The number of nitrogens with zero attached hydrogens (tertiary/aromatic N) is 1. The van der Waals surface area contributed by atoms with E-state index in [-0.39, 0.29) is 24.6 Å². The van der Waals surface area contributed by atoms with Crippen LogP contribution in [-0.4, -0.2) is 62.3 Å². The normalized spacial score (nSPS) is 28.3. The molecule has 19 heavy (non-hydrogen) atoms. The fourth-order valence-electron chi connectivity index (χ4n) is 2.78. The molecule has 2 fully saturated rings. The van der Waals surface area contributed by atoms with Gasteiger partial charge in [-0.05, 0) is 25.7 Å². The first kappa shape index (κ1) is 14.3. The van der Waals surface area contributed by atoms with Gasteiger partial charge in [-0.25, -0.2) is 4.79 Å². The predicted molar refractivity (Wildman–Crippen MR) is 68.6 cm³/mol. The molecule has 2 aliphatic rings. The Hall–Kier alpha value is -1.14. The maximum Gasteiger partial charge on any atom is 0.331 e. The fraction of sp³-hybridized carbons (Fsp3) is 0.846. The van der Waals surface area contributed by atoms with Crippen molar-refractivity contribution in [2.45, 2.75) is 37.8 Å². The van der Waals surface area contributed by atoms with Gasteiger partial charge in [-0.15, -0.1) is 0 Å². The quantitative estimate of drug-likeness (QED) is 0.724. The van der Waals surface area contributed by atoms with E-state index in [1.54, 1.807) is 0 Å². The summed E-state index contributed by atoms with van der Waals surface area (Å²) in [4.78, 5) is 24.8. The highest BCUT2D eigenvalue weighted by Crippen LogP contribution is 2.25. The lowest BCUT2D eigenvalue weighted by Crippen LogP contribution is -2.53. The van der Waals surface area contributed by atoms with E-state index in [9.17, 15) is 9.59 Å². The Kier molecular flexibility index (Phi) is 5.15. The molecular formula is C13H22N2O4. The summed E-state index contributed by atoms with van der Waals surface area (Å²) < 4.78 is 10.1. The standard InChI is InChI=1S/C13H22N2O4/c1-18-13(17)9-19-11-4-2-10(3-5-11)15-7-6-14-8-12(15)16/h10-11,14H,2-9H2,1H3. The molecule has 0 bridgehead atoms. The van der Waals surface area contributed by atoms with E-state index in [0.29, 0.717) is 12.6 Å². The first-order chi connectivity index (χ1) is 9.20. The van der Waals surface area contributed by atoms with Gasteiger partial charge in [-0.2, -0.15) is 0 Å². The van der Waals surface area contributed by atoms with Crippen molar-refractivity contribution >= 4 is 11.9 Å². The minimum Gasteiger partial charge on any atom is -0.467 e. The van der Waals surface area contributed by atoms with Crippen LogP contribution < -0.4 is 5.32 Å². The van der Waals surface area contributed by atoms with Gasteiger partial charge in [0.25, 0.3) is 0 Å². The topological polar surface area (TPSA) is 67.9 Å². The molecule has 1 aliphatic heterocycles. The van der Waals surface area contributed by atoms with Gasteiger partial charge in [-0.3, -0.25) is 4.79 Å². The molecule has 1 amide bonds.